The predicted octanol–water partition coefficient (Wildman–Crippen LogP) is 5.68. The van der Waals surface area contributed by atoms with E-state index in [2.05, 4.69) is 6.58 Å². The SMILES string of the molecule is C=CCOC(=O)c1cc(C(Cl)(Cl)Cl)cc(C(Cl)(Cl)Cl)c1. The van der Waals surface area contributed by atoms with Gasteiger partial charge in [0.2, 0.25) is 7.59 Å². The van der Waals surface area contributed by atoms with Crippen LogP contribution < -0.4 is 0 Å². The molecule has 0 aliphatic rings. The summed E-state index contributed by atoms with van der Waals surface area (Å²) in [5.41, 5.74) is 0.491. The van der Waals surface area contributed by atoms with Gasteiger partial charge in [0, 0.05) is 11.1 Å². The average Bonchev–Trinajstić information content (AvgIpc) is 2.33. The molecule has 1 aromatic rings. The molecule has 0 heterocycles. The van der Waals surface area contributed by atoms with Crippen molar-refractivity contribution in [1.29, 1.82) is 0 Å². The second-order valence-corrected chi connectivity index (χ2v) is 8.24. The molecule has 1 rings (SSSR count). The number of ether oxygens (including phenoxy) is 1. The van der Waals surface area contributed by atoms with Gasteiger partial charge >= 0.3 is 5.97 Å². The molecule has 0 saturated carbocycles. The lowest BCUT2D eigenvalue weighted by atomic mass is 10.1. The zero-order chi connectivity index (χ0) is 15.6. The number of hydrogen-bond acceptors (Lipinski definition) is 2. The fourth-order valence-electron chi connectivity index (χ4n) is 1.29. The summed E-state index contributed by atoms with van der Waals surface area (Å²) in [6.45, 7) is 3.48. The number of carbonyl (C=O) groups is 1. The molecule has 2 nitrogen and oxygen atoms in total. The van der Waals surface area contributed by atoms with Crippen molar-refractivity contribution < 1.29 is 9.53 Å². The Morgan fingerprint density at radius 2 is 1.50 bits per heavy atom. The Morgan fingerprint density at radius 3 is 1.85 bits per heavy atom. The van der Waals surface area contributed by atoms with Gasteiger partial charge in [-0.3, -0.25) is 0 Å². The molecule has 0 amide bonds. The van der Waals surface area contributed by atoms with Crippen LogP contribution in [0.1, 0.15) is 21.5 Å². The van der Waals surface area contributed by atoms with Crippen molar-refractivity contribution in [3.8, 4) is 0 Å². The van der Waals surface area contributed by atoms with Gasteiger partial charge in [-0.05, 0) is 18.2 Å². The van der Waals surface area contributed by atoms with Crippen molar-refractivity contribution in [3.63, 3.8) is 0 Å². The van der Waals surface area contributed by atoms with E-state index in [0.717, 1.165) is 0 Å². The van der Waals surface area contributed by atoms with E-state index in [4.69, 9.17) is 74.3 Å². The Balaban J connectivity index is 3.31. The van der Waals surface area contributed by atoms with E-state index in [1.165, 1.54) is 24.3 Å². The van der Waals surface area contributed by atoms with E-state index < -0.39 is 13.6 Å². The van der Waals surface area contributed by atoms with Crippen LogP contribution in [-0.4, -0.2) is 12.6 Å². The fourth-order valence-corrected chi connectivity index (χ4v) is 1.95. The van der Waals surface area contributed by atoms with Crippen LogP contribution in [0, 0.1) is 0 Å². The monoisotopic (exact) mass is 394 g/mol. The van der Waals surface area contributed by atoms with E-state index in [9.17, 15) is 4.79 Å². The molecule has 0 radical (unpaired) electrons. The first kappa shape index (κ1) is 18.2. The molecule has 0 bridgehead atoms. The smallest absolute Gasteiger partial charge is 0.338 e. The Labute approximate surface area is 146 Å². The summed E-state index contributed by atoms with van der Waals surface area (Å²) in [5.74, 6) is -0.642. The molecule has 0 fully saturated rings. The molecule has 0 unspecified atom stereocenters. The van der Waals surface area contributed by atoms with Crippen LogP contribution in [0.5, 0.6) is 0 Å². The minimum absolute atomic E-state index is 0.0416. The number of rotatable bonds is 3. The van der Waals surface area contributed by atoms with E-state index >= 15 is 0 Å². The first-order valence-electron chi connectivity index (χ1n) is 5.13. The summed E-state index contributed by atoms with van der Waals surface area (Å²) < 4.78 is 1.37. The normalized spacial score (nSPS) is 12.1. The number of halogens is 6. The maximum atomic E-state index is 11.8. The minimum Gasteiger partial charge on any atom is -0.458 e. The second-order valence-electron chi connectivity index (χ2n) is 3.68. The molecule has 0 aliphatic carbocycles. The Morgan fingerprint density at radius 1 is 1.05 bits per heavy atom. The largest absolute Gasteiger partial charge is 0.458 e. The minimum atomic E-state index is -1.76. The summed E-state index contributed by atoms with van der Waals surface area (Å²) >= 11 is 34.8. The van der Waals surface area contributed by atoms with Gasteiger partial charge in [0.25, 0.3) is 0 Å². The highest BCUT2D eigenvalue weighted by atomic mass is 35.6. The number of alkyl halides is 6. The zero-order valence-electron chi connectivity index (χ0n) is 9.81. The highest BCUT2D eigenvalue weighted by molar-refractivity contribution is 6.67. The molecular weight excluding hydrogens is 389 g/mol. The van der Waals surface area contributed by atoms with E-state index in [0.29, 0.717) is 0 Å². The molecule has 0 aliphatic heterocycles. The molecular formula is C12H8Cl6O2. The maximum absolute atomic E-state index is 11.8. The van der Waals surface area contributed by atoms with Crippen molar-refractivity contribution in [1.82, 2.24) is 0 Å². The lowest BCUT2D eigenvalue weighted by Crippen LogP contribution is -2.12. The highest BCUT2D eigenvalue weighted by Crippen LogP contribution is 2.44. The van der Waals surface area contributed by atoms with Crippen LogP contribution in [0.3, 0.4) is 0 Å². The number of esters is 1. The topological polar surface area (TPSA) is 26.3 Å². The van der Waals surface area contributed by atoms with Crippen LogP contribution >= 0.6 is 69.6 Å². The Bertz CT molecular complexity index is 483. The molecule has 110 valence electrons. The van der Waals surface area contributed by atoms with Gasteiger partial charge in [0.05, 0.1) is 5.56 Å². The van der Waals surface area contributed by atoms with Gasteiger partial charge in [0.15, 0.2) is 0 Å². The first-order valence-corrected chi connectivity index (χ1v) is 7.40. The average molecular weight is 397 g/mol. The summed E-state index contributed by atoms with van der Waals surface area (Å²) in [6, 6.07) is 4.11. The van der Waals surface area contributed by atoms with Crippen molar-refractivity contribution in [2.75, 3.05) is 6.61 Å². The molecule has 1 aromatic carbocycles. The highest BCUT2D eigenvalue weighted by Gasteiger charge is 2.30. The van der Waals surface area contributed by atoms with Crippen molar-refractivity contribution in [2.45, 2.75) is 7.59 Å². The van der Waals surface area contributed by atoms with E-state index in [1.54, 1.807) is 0 Å². The second kappa shape index (κ2) is 6.95. The van der Waals surface area contributed by atoms with Crippen molar-refractivity contribution in [3.05, 3.63) is 47.5 Å². The third-order valence-electron chi connectivity index (χ3n) is 2.16. The predicted molar refractivity (Wildman–Crippen MR) is 85.4 cm³/mol. The summed E-state index contributed by atoms with van der Waals surface area (Å²) in [4.78, 5) is 11.8. The molecule has 0 saturated heterocycles. The van der Waals surface area contributed by atoms with Crippen LogP contribution in [0.4, 0.5) is 0 Å². The number of hydrogen-bond donors (Lipinski definition) is 0. The van der Waals surface area contributed by atoms with Crippen molar-refractivity contribution in [2.24, 2.45) is 0 Å². The fraction of sp³-hybridized carbons (Fsp3) is 0.250. The van der Waals surface area contributed by atoms with Crippen LogP contribution in [-0.2, 0) is 12.3 Å². The van der Waals surface area contributed by atoms with E-state index in [1.807, 2.05) is 0 Å². The quantitative estimate of drug-likeness (QED) is 0.373. The molecule has 8 heteroatoms. The summed E-state index contributed by atoms with van der Waals surface area (Å²) in [5, 5.41) is 0. The van der Waals surface area contributed by atoms with Gasteiger partial charge in [0.1, 0.15) is 6.61 Å². The lowest BCUT2D eigenvalue weighted by Gasteiger charge is -2.18. The Hall–Kier alpha value is 0.170. The third kappa shape index (κ3) is 5.18. The van der Waals surface area contributed by atoms with Crippen molar-refractivity contribution >= 4 is 75.6 Å². The van der Waals surface area contributed by atoms with Crippen LogP contribution in [0.25, 0.3) is 0 Å². The first-order chi connectivity index (χ1) is 9.05. The zero-order valence-corrected chi connectivity index (χ0v) is 14.3. The van der Waals surface area contributed by atoms with E-state index in [-0.39, 0.29) is 23.3 Å². The number of carbonyl (C=O) groups excluding carboxylic acids is 1. The van der Waals surface area contributed by atoms with Gasteiger partial charge in [-0.15, -0.1) is 0 Å². The van der Waals surface area contributed by atoms with Crippen LogP contribution in [0.15, 0.2) is 30.9 Å². The van der Waals surface area contributed by atoms with Gasteiger partial charge in [-0.1, -0.05) is 82.3 Å². The van der Waals surface area contributed by atoms with Gasteiger partial charge in [-0.25, -0.2) is 4.79 Å². The summed E-state index contributed by atoms with van der Waals surface area (Å²) in [7, 11) is 0. The number of benzene rings is 1. The molecule has 0 spiro atoms. The third-order valence-corrected chi connectivity index (χ3v) is 3.46. The molecule has 0 atom stereocenters. The molecule has 0 N–H and O–H groups in total. The molecule has 0 aromatic heterocycles. The Kier molecular flexibility index (Phi) is 6.33. The van der Waals surface area contributed by atoms with Gasteiger partial charge in [-0.2, -0.15) is 0 Å². The molecule has 20 heavy (non-hydrogen) atoms. The van der Waals surface area contributed by atoms with Gasteiger partial charge < -0.3 is 4.74 Å². The summed E-state index contributed by atoms with van der Waals surface area (Å²) in [6.07, 6.45) is 1.42. The lowest BCUT2D eigenvalue weighted by molar-refractivity contribution is 0.0549. The standard InChI is InChI=1S/C12H8Cl6O2/c1-2-3-20-10(19)7-4-8(11(13,14)15)6-9(5-7)12(16,17)18/h2,4-6H,1,3H2. The maximum Gasteiger partial charge on any atom is 0.338 e. The van der Waals surface area contributed by atoms with Crippen LogP contribution in [0.2, 0.25) is 0 Å².